The number of rotatable bonds is 2. The van der Waals surface area contributed by atoms with Crippen LogP contribution in [0, 0.1) is 11.3 Å². The summed E-state index contributed by atoms with van der Waals surface area (Å²) in [5.41, 5.74) is 0.618. The normalized spacial score (nSPS) is 13.0. The molecule has 0 aliphatic rings. The quantitative estimate of drug-likeness (QED) is 0.175. The van der Waals surface area contributed by atoms with Crippen LogP contribution in [0.1, 0.15) is 5.56 Å². The third-order valence-corrected chi connectivity index (χ3v) is 6.14. The Bertz CT molecular complexity index is 1470. The Morgan fingerprint density at radius 2 is 1.32 bits per heavy atom. The zero-order valence-electron chi connectivity index (χ0n) is 14.6. The van der Waals surface area contributed by atoms with Gasteiger partial charge >= 0.3 is 7.60 Å². The predicted octanol–water partition coefficient (Wildman–Crippen LogP) is 5.78. The zero-order valence-corrected chi connectivity index (χ0v) is 15.5. The van der Waals surface area contributed by atoms with Gasteiger partial charge in [-0.15, -0.1) is 0 Å². The Balaban J connectivity index is 2.00. The summed E-state index contributed by atoms with van der Waals surface area (Å²) in [6, 6.07) is 23.8. The van der Waals surface area contributed by atoms with E-state index in [2.05, 4.69) is 30.3 Å². The first-order chi connectivity index (χ1) is 13.5. The third kappa shape index (κ3) is 2.35. The molecule has 0 amide bonds. The second-order valence-corrected chi connectivity index (χ2v) is 8.40. The number of nitrogens with zero attached hydrogens (tertiary/aromatic N) is 1. The molecule has 5 rings (SSSR count). The second kappa shape index (κ2) is 5.89. The summed E-state index contributed by atoms with van der Waals surface area (Å²) >= 11 is 0. The molecule has 0 radical (unpaired) electrons. The van der Waals surface area contributed by atoms with Crippen LogP contribution >= 0.6 is 7.60 Å². The van der Waals surface area contributed by atoms with E-state index in [9.17, 15) is 19.6 Å². The number of nitriles is 1. The average molecular weight is 383 g/mol. The molecule has 0 bridgehead atoms. The van der Waals surface area contributed by atoms with Gasteiger partial charge in [-0.2, -0.15) is 5.26 Å². The minimum atomic E-state index is -4.62. The lowest BCUT2D eigenvalue weighted by atomic mass is 9.88. The number of fused-ring (bicyclic) bond motifs is 2. The van der Waals surface area contributed by atoms with E-state index in [1.807, 2.05) is 36.4 Å². The minimum Gasteiger partial charge on any atom is -0.321 e. The molecule has 0 unspecified atom stereocenters. The SMILES string of the molecule is N#C/C(=C\c1ccc2c3cccc4cccc(c5cccc1c52)c43)P(=O)(O)O. The first-order valence-corrected chi connectivity index (χ1v) is 10.4. The van der Waals surface area contributed by atoms with Crippen LogP contribution in [0.5, 0.6) is 0 Å². The van der Waals surface area contributed by atoms with Gasteiger partial charge in [0.2, 0.25) is 0 Å². The van der Waals surface area contributed by atoms with Gasteiger partial charge in [0.25, 0.3) is 0 Å². The molecule has 0 fully saturated rings. The number of allylic oxidation sites excluding steroid dienone is 1. The molecule has 5 aromatic carbocycles. The van der Waals surface area contributed by atoms with Crippen molar-refractivity contribution in [1.29, 1.82) is 5.26 Å². The first-order valence-electron chi connectivity index (χ1n) is 8.75. The van der Waals surface area contributed by atoms with Crippen molar-refractivity contribution in [2.24, 2.45) is 0 Å². The lowest BCUT2D eigenvalue weighted by molar-refractivity contribution is 0.384. The number of hydrogen-bond donors (Lipinski definition) is 2. The lowest BCUT2D eigenvalue weighted by Gasteiger charge is -2.15. The Kier molecular flexibility index (Phi) is 3.56. The average Bonchev–Trinajstić information content (AvgIpc) is 2.69. The van der Waals surface area contributed by atoms with Gasteiger partial charge in [-0.3, -0.25) is 4.57 Å². The summed E-state index contributed by atoms with van der Waals surface area (Å²) < 4.78 is 11.6. The summed E-state index contributed by atoms with van der Waals surface area (Å²) in [7, 11) is -4.62. The largest absolute Gasteiger partial charge is 0.366 e. The summed E-state index contributed by atoms with van der Waals surface area (Å²) in [4.78, 5) is 18.9. The van der Waals surface area contributed by atoms with E-state index < -0.39 is 12.9 Å². The van der Waals surface area contributed by atoms with E-state index in [-0.39, 0.29) is 0 Å². The summed E-state index contributed by atoms with van der Waals surface area (Å²) in [5, 5.41) is 17.4. The van der Waals surface area contributed by atoms with E-state index in [1.165, 1.54) is 16.8 Å². The van der Waals surface area contributed by atoms with Gasteiger partial charge in [-0.25, -0.2) is 0 Å². The van der Waals surface area contributed by atoms with Crippen molar-refractivity contribution in [3.8, 4) is 6.07 Å². The summed E-state index contributed by atoms with van der Waals surface area (Å²) in [5.74, 6) is 0. The highest BCUT2D eigenvalue weighted by Gasteiger charge is 2.21. The smallest absolute Gasteiger partial charge is 0.321 e. The van der Waals surface area contributed by atoms with E-state index in [1.54, 1.807) is 6.07 Å². The molecule has 5 heteroatoms. The van der Waals surface area contributed by atoms with Gasteiger partial charge in [-0.1, -0.05) is 66.7 Å². The van der Waals surface area contributed by atoms with Gasteiger partial charge in [0.05, 0.1) is 0 Å². The highest BCUT2D eigenvalue weighted by molar-refractivity contribution is 7.57. The first kappa shape index (κ1) is 16.9. The topological polar surface area (TPSA) is 81.3 Å². The van der Waals surface area contributed by atoms with Crippen LogP contribution in [0.2, 0.25) is 0 Å². The van der Waals surface area contributed by atoms with Crippen LogP contribution in [-0.2, 0) is 4.57 Å². The van der Waals surface area contributed by atoms with Crippen molar-refractivity contribution in [3.63, 3.8) is 0 Å². The minimum absolute atomic E-state index is 0.536. The van der Waals surface area contributed by atoms with Crippen LogP contribution in [0.4, 0.5) is 0 Å². The third-order valence-electron chi connectivity index (χ3n) is 5.28. The van der Waals surface area contributed by atoms with Crippen LogP contribution < -0.4 is 0 Å². The van der Waals surface area contributed by atoms with Crippen molar-refractivity contribution in [1.82, 2.24) is 0 Å². The molecule has 4 nitrogen and oxygen atoms in total. The molecule has 0 aromatic heterocycles. The van der Waals surface area contributed by atoms with Crippen LogP contribution in [0.25, 0.3) is 49.2 Å². The fourth-order valence-corrected chi connectivity index (χ4v) is 4.56. The van der Waals surface area contributed by atoms with Gasteiger partial charge in [0.1, 0.15) is 11.4 Å². The number of benzene rings is 5. The molecule has 0 heterocycles. The van der Waals surface area contributed by atoms with E-state index in [4.69, 9.17) is 0 Å². The van der Waals surface area contributed by atoms with Crippen LogP contribution in [0.3, 0.4) is 0 Å². The van der Waals surface area contributed by atoms with E-state index in [0.29, 0.717) is 5.56 Å². The predicted molar refractivity (Wildman–Crippen MR) is 113 cm³/mol. The van der Waals surface area contributed by atoms with Crippen molar-refractivity contribution < 1.29 is 14.4 Å². The molecule has 0 saturated carbocycles. The molecule has 0 aliphatic carbocycles. The van der Waals surface area contributed by atoms with Crippen molar-refractivity contribution in [2.75, 3.05) is 0 Å². The molecule has 2 N–H and O–H groups in total. The standard InChI is InChI=1S/C23H14NO3P/c24-13-16(28(25,26)27)12-15-10-11-21-19-8-2-5-14-4-1-7-18(22(14)19)20-9-3-6-17(15)23(20)21/h1-12H,(H2,25,26,27)/b16-12+. The molecule has 0 atom stereocenters. The zero-order chi connectivity index (χ0) is 19.5. The highest BCUT2D eigenvalue weighted by atomic mass is 31.2. The summed E-state index contributed by atoms with van der Waals surface area (Å²) in [6.45, 7) is 0. The van der Waals surface area contributed by atoms with Gasteiger partial charge in [0.15, 0.2) is 0 Å². The maximum Gasteiger partial charge on any atom is 0.366 e. The number of hydrogen-bond acceptors (Lipinski definition) is 2. The molecule has 134 valence electrons. The van der Waals surface area contributed by atoms with Gasteiger partial charge < -0.3 is 9.79 Å². The molecule has 0 spiro atoms. The maximum absolute atomic E-state index is 11.6. The van der Waals surface area contributed by atoms with Crippen LogP contribution in [-0.4, -0.2) is 9.79 Å². The highest BCUT2D eigenvalue weighted by Crippen LogP contribution is 2.46. The van der Waals surface area contributed by atoms with Crippen molar-refractivity contribution >= 4 is 56.8 Å². The Morgan fingerprint density at radius 1 is 0.786 bits per heavy atom. The maximum atomic E-state index is 11.6. The molecule has 0 saturated heterocycles. The van der Waals surface area contributed by atoms with Crippen LogP contribution in [0.15, 0.2) is 72.0 Å². The molecule has 5 aromatic rings. The molecule has 0 aliphatic heterocycles. The molecular weight excluding hydrogens is 369 g/mol. The van der Waals surface area contributed by atoms with Crippen molar-refractivity contribution in [3.05, 3.63) is 77.6 Å². The van der Waals surface area contributed by atoms with Gasteiger partial charge in [-0.05, 0) is 54.7 Å². The Labute approximate surface area is 160 Å². The fourth-order valence-electron chi connectivity index (χ4n) is 4.12. The Hall–Kier alpha value is -3.22. The van der Waals surface area contributed by atoms with Crippen molar-refractivity contribution in [2.45, 2.75) is 0 Å². The van der Waals surface area contributed by atoms with E-state index >= 15 is 0 Å². The van der Waals surface area contributed by atoms with E-state index in [0.717, 1.165) is 32.3 Å². The fraction of sp³-hybridized carbons (Fsp3) is 0. The van der Waals surface area contributed by atoms with Gasteiger partial charge in [0, 0.05) is 0 Å². The monoisotopic (exact) mass is 383 g/mol. The lowest BCUT2D eigenvalue weighted by Crippen LogP contribution is -1.89. The second-order valence-electron chi connectivity index (χ2n) is 6.83. The molecular formula is C23H14NO3P. The Morgan fingerprint density at radius 3 is 1.93 bits per heavy atom. The molecule has 28 heavy (non-hydrogen) atoms. The summed E-state index contributed by atoms with van der Waals surface area (Å²) in [6.07, 6.45) is 1.30.